The highest BCUT2D eigenvalue weighted by molar-refractivity contribution is 5.91. The van der Waals surface area contributed by atoms with Crippen LogP contribution in [0.3, 0.4) is 0 Å². The molecule has 20 heavy (non-hydrogen) atoms. The molecule has 0 spiro atoms. The van der Waals surface area contributed by atoms with E-state index in [0.29, 0.717) is 17.7 Å². The van der Waals surface area contributed by atoms with E-state index in [4.69, 9.17) is 0 Å². The van der Waals surface area contributed by atoms with Gasteiger partial charge in [-0.15, -0.1) is 10.2 Å². The van der Waals surface area contributed by atoms with Crippen LogP contribution in [-0.2, 0) is 0 Å². The number of hydrogen-bond acceptors (Lipinski definition) is 4. The van der Waals surface area contributed by atoms with Crippen molar-refractivity contribution in [2.24, 2.45) is 11.8 Å². The van der Waals surface area contributed by atoms with Crippen LogP contribution in [-0.4, -0.2) is 41.1 Å². The summed E-state index contributed by atoms with van der Waals surface area (Å²) in [6, 6.07) is 4.02. The van der Waals surface area contributed by atoms with Crippen LogP contribution in [0.5, 0.6) is 0 Å². The van der Waals surface area contributed by atoms with Crippen molar-refractivity contribution in [1.82, 2.24) is 15.1 Å². The topological polar surface area (TPSA) is 58.1 Å². The fourth-order valence-corrected chi connectivity index (χ4v) is 2.73. The Bertz CT molecular complexity index is 457. The van der Waals surface area contributed by atoms with Crippen molar-refractivity contribution >= 4 is 11.7 Å². The van der Waals surface area contributed by atoms with Gasteiger partial charge in [0.15, 0.2) is 5.69 Å². The van der Waals surface area contributed by atoms with Gasteiger partial charge in [0.05, 0.1) is 0 Å². The minimum absolute atomic E-state index is 0.122. The number of nitrogens with one attached hydrogen (secondary N) is 1. The molecule has 1 amide bonds. The molecule has 1 heterocycles. The molecule has 1 saturated carbocycles. The quantitative estimate of drug-likeness (QED) is 0.921. The number of rotatable bonds is 3. The molecule has 1 aliphatic carbocycles. The zero-order valence-corrected chi connectivity index (χ0v) is 12.8. The van der Waals surface area contributed by atoms with Gasteiger partial charge in [0, 0.05) is 20.1 Å². The van der Waals surface area contributed by atoms with Crippen LogP contribution in [0.2, 0.25) is 0 Å². The first-order chi connectivity index (χ1) is 9.49. The lowest BCUT2D eigenvalue weighted by Crippen LogP contribution is -2.35. The van der Waals surface area contributed by atoms with Crippen molar-refractivity contribution in [3.05, 3.63) is 17.8 Å². The molecule has 1 aliphatic rings. The minimum atomic E-state index is -0.122. The van der Waals surface area contributed by atoms with Crippen molar-refractivity contribution in [2.75, 3.05) is 19.4 Å². The van der Waals surface area contributed by atoms with Crippen molar-refractivity contribution in [3.63, 3.8) is 0 Å². The van der Waals surface area contributed by atoms with Crippen molar-refractivity contribution < 1.29 is 4.79 Å². The zero-order valence-electron chi connectivity index (χ0n) is 12.8. The summed E-state index contributed by atoms with van der Waals surface area (Å²) in [5, 5.41) is 11.6. The van der Waals surface area contributed by atoms with Gasteiger partial charge < -0.3 is 10.2 Å². The van der Waals surface area contributed by atoms with Crippen LogP contribution in [0.4, 0.5) is 5.82 Å². The smallest absolute Gasteiger partial charge is 0.273 e. The highest BCUT2D eigenvalue weighted by Crippen LogP contribution is 2.31. The average molecular weight is 276 g/mol. The Morgan fingerprint density at radius 1 is 1.25 bits per heavy atom. The van der Waals surface area contributed by atoms with Crippen LogP contribution >= 0.6 is 0 Å². The molecule has 5 nitrogen and oxygen atoms in total. The summed E-state index contributed by atoms with van der Waals surface area (Å²) in [6.45, 7) is 4.60. The largest absolute Gasteiger partial charge is 0.366 e. The third-order valence-electron chi connectivity index (χ3n) is 4.33. The van der Waals surface area contributed by atoms with E-state index in [1.807, 2.05) is 6.07 Å². The first-order valence-corrected chi connectivity index (χ1v) is 7.31. The Kier molecular flexibility index (Phi) is 4.57. The van der Waals surface area contributed by atoms with Gasteiger partial charge in [-0.25, -0.2) is 0 Å². The Balaban J connectivity index is 2.02. The Morgan fingerprint density at radius 2 is 2.00 bits per heavy atom. The van der Waals surface area contributed by atoms with Gasteiger partial charge in [-0.1, -0.05) is 26.7 Å². The molecule has 1 aromatic heterocycles. The summed E-state index contributed by atoms with van der Waals surface area (Å²) < 4.78 is 0. The lowest BCUT2D eigenvalue weighted by atomic mass is 9.78. The molecule has 1 aromatic rings. The van der Waals surface area contributed by atoms with Crippen molar-refractivity contribution in [3.8, 4) is 0 Å². The molecule has 1 N–H and O–H groups in total. The maximum atomic E-state index is 11.7. The fourth-order valence-electron chi connectivity index (χ4n) is 2.73. The van der Waals surface area contributed by atoms with Gasteiger partial charge in [0.25, 0.3) is 5.91 Å². The Hall–Kier alpha value is -1.65. The lowest BCUT2D eigenvalue weighted by Gasteiger charge is -2.34. The Morgan fingerprint density at radius 3 is 2.60 bits per heavy atom. The van der Waals surface area contributed by atoms with Gasteiger partial charge in [-0.3, -0.25) is 4.79 Å². The Labute approximate surface area is 120 Å². The molecule has 3 unspecified atom stereocenters. The predicted molar refractivity (Wildman–Crippen MR) is 79.6 cm³/mol. The predicted octanol–water partition coefficient (Wildman–Crippen LogP) is 2.42. The second-order valence-corrected chi connectivity index (χ2v) is 6.02. The molecule has 0 bridgehead atoms. The third-order valence-corrected chi connectivity index (χ3v) is 4.33. The molecule has 5 heteroatoms. The highest BCUT2D eigenvalue weighted by Gasteiger charge is 2.27. The number of carbonyl (C=O) groups excluding carboxylic acids is 1. The molecule has 0 radical (unpaired) electrons. The second kappa shape index (κ2) is 6.20. The van der Waals surface area contributed by atoms with Crippen molar-refractivity contribution in [1.29, 1.82) is 0 Å². The molecule has 0 aromatic carbocycles. The van der Waals surface area contributed by atoms with Crippen LogP contribution in [0, 0.1) is 11.8 Å². The molecular weight excluding hydrogens is 252 g/mol. The van der Waals surface area contributed by atoms with Gasteiger partial charge in [-0.05, 0) is 30.4 Å². The van der Waals surface area contributed by atoms with Crippen LogP contribution < -0.4 is 5.32 Å². The van der Waals surface area contributed by atoms with E-state index in [1.165, 1.54) is 24.2 Å². The van der Waals surface area contributed by atoms with E-state index < -0.39 is 0 Å². The maximum Gasteiger partial charge on any atom is 0.273 e. The first-order valence-electron chi connectivity index (χ1n) is 7.31. The molecule has 1 fully saturated rings. The zero-order chi connectivity index (χ0) is 14.7. The van der Waals surface area contributed by atoms with E-state index >= 15 is 0 Å². The van der Waals surface area contributed by atoms with Gasteiger partial charge in [0.1, 0.15) is 5.82 Å². The van der Waals surface area contributed by atoms with E-state index in [2.05, 4.69) is 29.4 Å². The van der Waals surface area contributed by atoms with Gasteiger partial charge in [0.2, 0.25) is 0 Å². The number of aromatic nitrogens is 2. The number of amides is 1. The van der Waals surface area contributed by atoms with Gasteiger partial charge >= 0.3 is 0 Å². The standard InChI is InChI=1S/C15H24N4O/c1-10-6-5-7-12(11(10)2)16-14-9-8-13(17-18-14)15(20)19(3)4/h8-12H,5-7H2,1-4H3,(H,16,18). The van der Waals surface area contributed by atoms with Crippen LogP contribution in [0.15, 0.2) is 12.1 Å². The van der Waals surface area contributed by atoms with E-state index in [0.717, 1.165) is 11.7 Å². The normalized spacial score (nSPS) is 26.1. The fraction of sp³-hybridized carbons (Fsp3) is 0.667. The summed E-state index contributed by atoms with van der Waals surface area (Å²) in [4.78, 5) is 13.2. The van der Waals surface area contributed by atoms with E-state index in [9.17, 15) is 4.79 Å². The molecular formula is C15H24N4O. The molecule has 3 atom stereocenters. The number of hydrogen-bond donors (Lipinski definition) is 1. The summed E-state index contributed by atoms with van der Waals surface area (Å²) in [7, 11) is 3.42. The molecule has 2 rings (SSSR count). The second-order valence-electron chi connectivity index (χ2n) is 6.02. The molecule has 0 saturated heterocycles. The summed E-state index contributed by atoms with van der Waals surface area (Å²) in [6.07, 6.45) is 3.74. The summed E-state index contributed by atoms with van der Waals surface area (Å²) in [5.41, 5.74) is 0.380. The van der Waals surface area contributed by atoms with Crippen molar-refractivity contribution in [2.45, 2.75) is 39.2 Å². The molecule has 0 aliphatic heterocycles. The first kappa shape index (κ1) is 14.8. The van der Waals surface area contributed by atoms with E-state index in [-0.39, 0.29) is 5.91 Å². The van der Waals surface area contributed by atoms with E-state index in [1.54, 1.807) is 20.2 Å². The molecule has 110 valence electrons. The van der Waals surface area contributed by atoms with Crippen LogP contribution in [0.1, 0.15) is 43.6 Å². The highest BCUT2D eigenvalue weighted by atomic mass is 16.2. The number of anilines is 1. The average Bonchev–Trinajstić information content (AvgIpc) is 2.44. The maximum absolute atomic E-state index is 11.7. The SMILES string of the molecule is CC1CCCC(Nc2ccc(C(=O)N(C)C)nn2)C1C. The summed E-state index contributed by atoms with van der Waals surface area (Å²) >= 11 is 0. The minimum Gasteiger partial charge on any atom is -0.366 e. The number of nitrogens with zero attached hydrogens (tertiary/aromatic N) is 3. The third kappa shape index (κ3) is 3.26. The summed E-state index contributed by atoms with van der Waals surface area (Å²) in [5.74, 6) is 2.01. The monoisotopic (exact) mass is 276 g/mol. The number of carbonyl (C=O) groups is 1. The lowest BCUT2D eigenvalue weighted by molar-refractivity contribution is 0.0821. The van der Waals surface area contributed by atoms with Gasteiger partial charge in [-0.2, -0.15) is 0 Å². The van der Waals surface area contributed by atoms with Crippen LogP contribution in [0.25, 0.3) is 0 Å².